The third-order valence-corrected chi connectivity index (χ3v) is 12.7. The Hall–Kier alpha value is -8.17. The molecule has 4 heterocycles. The van der Waals surface area contributed by atoms with Crippen molar-refractivity contribution >= 4 is 87.5 Å². The summed E-state index contributed by atoms with van der Waals surface area (Å²) in [6, 6.07) is 49.9. The maximum absolute atomic E-state index is 17.4. The molecule has 0 radical (unpaired) electrons. The lowest BCUT2D eigenvalue weighted by atomic mass is 9.90. The van der Waals surface area contributed by atoms with Gasteiger partial charge in [0.05, 0.1) is 44.2 Å². The van der Waals surface area contributed by atoms with Gasteiger partial charge in [-0.2, -0.15) is 13.2 Å². The fourth-order valence-corrected chi connectivity index (χ4v) is 10.2. The Morgan fingerprint density at radius 3 is 1.19 bits per heavy atom. The number of aromatic nitrogens is 2. The monoisotopic (exact) mass is 844 g/mol. The van der Waals surface area contributed by atoms with Crippen molar-refractivity contribution < 1.29 is 30.8 Å². The summed E-state index contributed by atoms with van der Waals surface area (Å²) < 4.78 is 102. The van der Waals surface area contributed by atoms with Gasteiger partial charge in [-0.25, -0.2) is 8.78 Å². The summed E-state index contributed by atoms with van der Waals surface area (Å²) in [6.07, 6.45) is -5.15. The van der Waals surface area contributed by atoms with Crippen LogP contribution >= 0.6 is 0 Å². The third-order valence-electron chi connectivity index (χ3n) is 12.7. The van der Waals surface area contributed by atoms with Crippen molar-refractivity contribution in [3.63, 3.8) is 0 Å². The molecule has 64 heavy (non-hydrogen) atoms. The first-order chi connectivity index (χ1) is 31.3. The second kappa shape index (κ2) is 13.2. The van der Waals surface area contributed by atoms with Crippen molar-refractivity contribution in [2.24, 2.45) is 0 Å². The van der Waals surface area contributed by atoms with Crippen molar-refractivity contribution in [1.29, 1.82) is 0 Å². The van der Waals surface area contributed by atoms with Crippen molar-refractivity contribution in [2.45, 2.75) is 6.18 Å². The van der Waals surface area contributed by atoms with Crippen LogP contribution in [0.2, 0.25) is 0 Å². The van der Waals surface area contributed by atoms with E-state index in [0.717, 1.165) is 0 Å². The highest BCUT2D eigenvalue weighted by Gasteiger charge is 2.43. The van der Waals surface area contributed by atoms with E-state index in [9.17, 15) is 0 Å². The number of nitrogens with zero attached hydrogens (tertiary/aromatic N) is 2. The molecule has 0 aliphatic carbocycles. The molecule has 0 amide bonds. The number of hydrogen-bond donors (Lipinski definition) is 0. The largest absolute Gasteiger partial charge is 0.456 e. The van der Waals surface area contributed by atoms with E-state index in [1.54, 1.807) is 45.5 Å². The zero-order valence-corrected chi connectivity index (χ0v) is 33.3. The number of rotatable bonds is 4. The van der Waals surface area contributed by atoms with Crippen molar-refractivity contribution in [3.05, 3.63) is 193 Å². The first kappa shape index (κ1) is 36.5. The van der Waals surface area contributed by atoms with E-state index >= 15 is 22.0 Å². The third kappa shape index (κ3) is 4.97. The standard InChI is InChI=1S/C55H29F5N2O2/c56-40-19-7-1-13-30(40)38-29-39(31-14-2-8-20-41(31)57)54(62-43-22-10-4-16-33(43)35-26-28-47-49(52(35)62)37-18-6-12-24-45(37)64-47)50(55(58,59)60)53(38)61-42-21-9-3-15-32(42)34-25-27-46-48(51(34)61)36-17-5-11-23-44(36)63-46/h1-29H. The molecular weight excluding hydrogens is 816 g/mol. The van der Waals surface area contributed by atoms with Crippen molar-refractivity contribution in [3.8, 4) is 33.6 Å². The predicted octanol–water partition coefficient (Wildman–Crippen LogP) is 16.3. The second-order valence-electron chi connectivity index (χ2n) is 16.1. The molecule has 0 saturated heterocycles. The Labute approximate surface area is 359 Å². The van der Waals surface area contributed by atoms with Crippen LogP contribution in [0, 0.1) is 11.6 Å². The molecule has 0 aliphatic heterocycles. The van der Waals surface area contributed by atoms with Gasteiger partial charge in [0.2, 0.25) is 0 Å². The van der Waals surface area contributed by atoms with Gasteiger partial charge in [0.1, 0.15) is 39.5 Å². The van der Waals surface area contributed by atoms with Crippen LogP contribution in [0.3, 0.4) is 0 Å². The molecule has 0 unspecified atom stereocenters. The summed E-state index contributed by atoms with van der Waals surface area (Å²) in [6.45, 7) is 0. The molecule has 0 saturated carbocycles. The van der Waals surface area contributed by atoms with Gasteiger partial charge in [-0.15, -0.1) is 0 Å². The van der Waals surface area contributed by atoms with Crippen molar-refractivity contribution in [1.82, 2.24) is 9.13 Å². The summed E-state index contributed by atoms with van der Waals surface area (Å²) in [4.78, 5) is 0. The fourth-order valence-electron chi connectivity index (χ4n) is 10.2. The van der Waals surface area contributed by atoms with E-state index in [2.05, 4.69) is 0 Å². The minimum Gasteiger partial charge on any atom is -0.456 e. The van der Waals surface area contributed by atoms with Gasteiger partial charge in [-0.3, -0.25) is 0 Å². The number of fused-ring (bicyclic) bond motifs is 14. The normalized spacial score (nSPS) is 12.5. The van der Waals surface area contributed by atoms with Gasteiger partial charge < -0.3 is 18.0 Å². The van der Waals surface area contributed by atoms with Crippen LogP contribution in [0.15, 0.2) is 185 Å². The number of para-hydroxylation sites is 4. The minimum absolute atomic E-state index is 0.0837. The quantitative estimate of drug-likeness (QED) is 0.166. The zero-order valence-electron chi connectivity index (χ0n) is 33.3. The molecule has 0 atom stereocenters. The van der Waals surface area contributed by atoms with Crippen LogP contribution in [-0.4, -0.2) is 9.13 Å². The summed E-state index contributed by atoms with van der Waals surface area (Å²) in [5, 5.41) is 5.30. The summed E-state index contributed by atoms with van der Waals surface area (Å²) in [5.74, 6) is -1.49. The SMILES string of the molecule is Fc1ccccc1-c1cc(-c2ccccc2F)c(-n2c3ccccc3c3ccc4oc5ccccc5c4c32)c(C(F)(F)F)c1-n1c2ccccc2c2ccc3oc4ccccc4c3c21. The lowest BCUT2D eigenvalue weighted by Gasteiger charge is -2.27. The molecule has 4 aromatic heterocycles. The number of halogens is 5. The molecule has 0 fully saturated rings. The number of furan rings is 2. The van der Waals surface area contributed by atoms with E-state index < -0.39 is 23.4 Å². The van der Waals surface area contributed by atoms with Crippen LogP contribution in [0.4, 0.5) is 22.0 Å². The number of hydrogen-bond acceptors (Lipinski definition) is 2. The molecule has 0 N–H and O–H groups in total. The van der Waals surface area contributed by atoms with E-state index in [0.29, 0.717) is 87.5 Å². The Balaban J connectivity index is 1.36. The molecule has 13 aromatic rings. The van der Waals surface area contributed by atoms with Gasteiger partial charge in [0.25, 0.3) is 0 Å². The molecule has 0 bridgehead atoms. The smallest absolute Gasteiger partial charge is 0.420 e. The van der Waals surface area contributed by atoms with Crippen LogP contribution in [0.5, 0.6) is 0 Å². The molecule has 13 rings (SSSR count). The maximum atomic E-state index is 17.4. The zero-order chi connectivity index (χ0) is 43.0. The summed E-state index contributed by atoms with van der Waals surface area (Å²) in [7, 11) is 0. The van der Waals surface area contributed by atoms with Crippen LogP contribution in [0.1, 0.15) is 5.56 Å². The van der Waals surface area contributed by atoms with Crippen LogP contribution in [0.25, 0.3) is 121 Å². The van der Waals surface area contributed by atoms with Crippen LogP contribution < -0.4 is 0 Å². The topological polar surface area (TPSA) is 36.1 Å². The molecule has 0 aliphatic rings. The van der Waals surface area contributed by atoms with Gasteiger partial charge in [0, 0.05) is 54.6 Å². The fraction of sp³-hybridized carbons (Fsp3) is 0.0182. The Morgan fingerprint density at radius 1 is 0.359 bits per heavy atom. The summed E-state index contributed by atoms with van der Waals surface area (Å²) >= 11 is 0. The van der Waals surface area contributed by atoms with E-state index in [1.807, 2.05) is 97.1 Å². The highest BCUT2D eigenvalue weighted by atomic mass is 19.4. The molecule has 9 heteroatoms. The van der Waals surface area contributed by atoms with Gasteiger partial charge in [-0.05, 0) is 66.7 Å². The average molecular weight is 845 g/mol. The van der Waals surface area contributed by atoms with Crippen molar-refractivity contribution in [2.75, 3.05) is 0 Å². The molecule has 4 nitrogen and oxygen atoms in total. The van der Waals surface area contributed by atoms with Crippen LogP contribution in [-0.2, 0) is 6.18 Å². The molecule has 9 aromatic carbocycles. The lowest BCUT2D eigenvalue weighted by molar-refractivity contribution is -0.137. The lowest BCUT2D eigenvalue weighted by Crippen LogP contribution is -2.18. The highest BCUT2D eigenvalue weighted by molar-refractivity contribution is 6.26. The average Bonchev–Trinajstić information content (AvgIpc) is 4.06. The molecule has 306 valence electrons. The van der Waals surface area contributed by atoms with E-state index in [-0.39, 0.29) is 33.6 Å². The Morgan fingerprint density at radius 2 is 0.750 bits per heavy atom. The van der Waals surface area contributed by atoms with E-state index in [4.69, 9.17) is 8.83 Å². The first-order valence-electron chi connectivity index (χ1n) is 20.7. The minimum atomic E-state index is -5.15. The number of alkyl halides is 3. The maximum Gasteiger partial charge on any atom is 0.420 e. The second-order valence-corrected chi connectivity index (χ2v) is 16.1. The molecule has 0 spiro atoms. The van der Waals surface area contributed by atoms with Gasteiger partial charge >= 0.3 is 6.18 Å². The Bertz CT molecular complexity index is 3850. The first-order valence-corrected chi connectivity index (χ1v) is 20.7. The van der Waals surface area contributed by atoms with Gasteiger partial charge in [0.15, 0.2) is 0 Å². The number of benzene rings is 9. The molecular formula is C55H29F5N2O2. The highest BCUT2D eigenvalue weighted by Crippen LogP contribution is 2.53. The van der Waals surface area contributed by atoms with Gasteiger partial charge in [-0.1, -0.05) is 109 Å². The Kier molecular flexibility index (Phi) is 7.51. The predicted molar refractivity (Wildman–Crippen MR) is 245 cm³/mol. The summed E-state index contributed by atoms with van der Waals surface area (Å²) in [5.41, 5.74) is 1.76. The van der Waals surface area contributed by atoms with E-state index in [1.165, 1.54) is 42.5 Å².